The molecule has 0 saturated carbocycles. The second-order valence-corrected chi connectivity index (χ2v) is 2.60. The Labute approximate surface area is 80.2 Å². The Morgan fingerprint density at radius 3 is 2.93 bits per heavy atom. The molecule has 0 atom stereocenters. The van der Waals surface area contributed by atoms with Gasteiger partial charge in [-0.15, -0.1) is 5.11 Å². The zero-order chi connectivity index (χ0) is 10.4. The number of aromatic amines is 1. The van der Waals surface area contributed by atoms with E-state index in [2.05, 4.69) is 15.4 Å². The lowest BCUT2D eigenvalue weighted by Gasteiger charge is -2.00. The third-order valence-corrected chi connectivity index (χ3v) is 1.59. The Hall–Kier alpha value is -1.98. The second kappa shape index (κ2) is 4.90. The van der Waals surface area contributed by atoms with Crippen LogP contribution in [0.25, 0.3) is 0 Å². The molecule has 1 aromatic rings. The van der Waals surface area contributed by atoms with Crippen LogP contribution in [0.1, 0.15) is 16.9 Å². The van der Waals surface area contributed by atoms with Crippen LogP contribution in [0, 0.1) is 5.53 Å². The molecule has 0 bridgehead atoms. The molecule has 1 heterocycles. The van der Waals surface area contributed by atoms with E-state index in [0.717, 1.165) is 0 Å². The Bertz CT molecular complexity index is 331. The molecule has 14 heavy (non-hydrogen) atoms. The fraction of sp³-hybridized carbons (Fsp3) is 0.250. The lowest BCUT2D eigenvalue weighted by atomic mass is 10.3. The van der Waals surface area contributed by atoms with Gasteiger partial charge < -0.3 is 10.3 Å². The first kappa shape index (κ1) is 10.1. The van der Waals surface area contributed by atoms with Crippen molar-refractivity contribution in [3.63, 3.8) is 0 Å². The minimum Gasteiger partial charge on any atom is -0.357 e. The van der Waals surface area contributed by atoms with Crippen LogP contribution in [-0.2, 0) is 4.79 Å². The maximum absolute atomic E-state index is 11.2. The van der Waals surface area contributed by atoms with E-state index in [4.69, 9.17) is 5.53 Å². The van der Waals surface area contributed by atoms with E-state index < -0.39 is 5.91 Å². The minimum atomic E-state index is -0.545. The van der Waals surface area contributed by atoms with Crippen molar-refractivity contribution in [3.8, 4) is 0 Å². The summed E-state index contributed by atoms with van der Waals surface area (Å²) >= 11 is 0. The van der Waals surface area contributed by atoms with Crippen LogP contribution >= 0.6 is 0 Å². The summed E-state index contributed by atoms with van der Waals surface area (Å²) in [5.41, 5.74) is 6.84. The van der Waals surface area contributed by atoms with Gasteiger partial charge in [-0.25, -0.2) is 5.53 Å². The van der Waals surface area contributed by atoms with Gasteiger partial charge in [0.2, 0.25) is 0 Å². The van der Waals surface area contributed by atoms with Crippen molar-refractivity contribution in [3.05, 3.63) is 24.0 Å². The topological polar surface area (TPSA) is 98.2 Å². The zero-order valence-corrected chi connectivity index (χ0v) is 7.41. The van der Waals surface area contributed by atoms with Gasteiger partial charge in [-0.1, -0.05) is 0 Å². The van der Waals surface area contributed by atoms with Crippen molar-refractivity contribution >= 4 is 11.8 Å². The van der Waals surface area contributed by atoms with Gasteiger partial charge >= 0.3 is 0 Å². The van der Waals surface area contributed by atoms with Gasteiger partial charge in [0.25, 0.3) is 11.8 Å². The zero-order valence-electron chi connectivity index (χ0n) is 7.41. The quantitative estimate of drug-likeness (QED) is 0.614. The Balaban J connectivity index is 2.29. The molecule has 0 aromatic carbocycles. The van der Waals surface area contributed by atoms with E-state index in [0.29, 0.717) is 5.69 Å². The highest BCUT2D eigenvalue weighted by atomic mass is 16.2. The third kappa shape index (κ3) is 2.81. The number of H-pyrrole nitrogens is 1. The number of hydrogen-bond acceptors (Lipinski definition) is 3. The van der Waals surface area contributed by atoms with Crippen molar-refractivity contribution in [2.45, 2.75) is 6.42 Å². The number of rotatable bonds is 4. The Morgan fingerprint density at radius 2 is 2.36 bits per heavy atom. The SMILES string of the molecule is N=NC(=O)CCNC(=O)c1ccc[nH]1. The molecular weight excluding hydrogens is 184 g/mol. The molecule has 2 amide bonds. The summed E-state index contributed by atoms with van der Waals surface area (Å²) < 4.78 is 0. The van der Waals surface area contributed by atoms with Crippen LogP contribution in [0.4, 0.5) is 0 Å². The summed E-state index contributed by atoms with van der Waals surface area (Å²) in [6, 6.07) is 3.34. The molecule has 0 aliphatic rings. The van der Waals surface area contributed by atoms with E-state index in [-0.39, 0.29) is 18.9 Å². The van der Waals surface area contributed by atoms with Crippen LogP contribution in [0.15, 0.2) is 23.4 Å². The predicted octanol–water partition coefficient (Wildman–Crippen LogP) is 0.692. The van der Waals surface area contributed by atoms with Crippen LogP contribution in [0.2, 0.25) is 0 Å². The molecule has 74 valence electrons. The Morgan fingerprint density at radius 1 is 1.57 bits per heavy atom. The fourth-order valence-corrected chi connectivity index (χ4v) is 0.906. The van der Waals surface area contributed by atoms with Gasteiger partial charge in [-0.3, -0.25) is 9.59 Å². The summed E-state index contributed by atoms with van der Waals surface area (Å²) in [7, 11) is 0. The lowest BCUT2D eigenvalue weighted by Crippen LogP contribution is -2.25. The average molecular weight is 194 g/mol. The first-order valence-electron chi connectivity index (χ1n) is 4.06. The smallest absolute Gasteiger partial charge is 0.267 e. The molecule has 6 heteroatoms. The predicted molar refractivity (Wildman–Crippen MR) is 47.9 cm³/mol. The summed E-state index contributed by atoms with van der Waals surface area (Å²) in [4.78, 5) is 24.5. The maximum atomic E-state index is 11.2. The van der Waals surface area contributed by atoms with Gasteiger partial charge in [0.15, 0.2) is 0 Å². The normalized spacial score (nSPS) is 9.43. The summed E-state index contributed by atoms with van der Waals surface area (Å²) in [5.74, 6) is -0.815. The summed E-state index contributed by atoms with van der Waals surface area (Å²) in [6.45, 7) is 0.194. The highest BCUT2D eigenvalue weighted by molar-refractivity contribution is 5.92. The van der Waals surface area contributed by atoms with Gasteiger partial charge in [-0.05, 0) is 12.1 Å². The summed E-state index contributed by atoms with van der Waals surface area (Å²) in [5, 5.41) is 5.22. The van der Waals surface area contributed by atoms with Crippen molar-refractivity contribution in [1.82, 2.24) is 10.3 Å². The van der Waals surface area contributed by atoms with Gasteiger partial charge in [0.05, 0.1) is 0 Å². The van der Waals surface area contributed by atoms with E-state index >= 15 is 0 Å². The number of aromatic nitrogens is 1. The highest BCUT2D eigenvalue weighted by Gasteiger charge is 2.05. The molecule has 0 aliphatic heterocycles. The van der Waals surface area contributed by atoms with Crippen molar-refractivity contribution in [2.75, 3.05) is 6.54 Å². The largest absolute Gasteiger partial charge is 0.357 e. The number of carbonyl (C=O) groups excluding carboxylic acids is 2. The van der Waals surface area contributed by atoms with Crippen LogP contribution in [0.5, 0.6) is 0 Å². The summed E-state index contributed by atoms with van der Waals surface area (Å²) in [6.07, 6.45) is 1.69. The standard InChI is InChI=1S/C8H10N4O2/c9-12-7(13)3-5-11-8(14)6-2-1-4-10-6/h1-2,4,9-10H,3,5H2,(H,11,14). The van der Waals surface area contributed by atoms with Crippen LogP contribution in [-0.4, -0.2) is 23.3 Å². The molecule has 1 rings (SSSR count). The first-order valence-corrected chi connectivity index (χ1v) is 4.06. The molecule has 0 saturated heterocycles. The van der Waals surface area contributed by atoms with E-state index in [1.54, 1.807) is 18.3 Å². The minimum absolute atomic E-state index is 0.0515. The lowest BCUT2D eigenvalue weighted by molar-refractivity contribution is -0.118. The van der Waals surface area contributed by atoms with Crippen molar-refractivity contribution in [1.29, 1.82) is 5.53 Å². The van der Waals surface area contributed by atoms with Gasteiger partial charge in [0, 0.05) is 19.2 Å². The van der Waals surface area contributed by atoms with E-state index in [1.807, 2.05) is 0 Å². The molecule has 1 aromatic heterocycles. The number of nitrogens with zero attached hydrogens (tertiary/aromatic N) is 1. The van der Waals surface area contributed by atoms with E-state index in [1.165, 1.54) is 0 Å². The first-order chi connectivity index (χ1) is 6.74. The number of nitrogens with one attached hydrogen (secondary N) is 3. The molecule has 3 N–H and O–H groups in total. The highest BCUT2D eigenvalue weighted by Crippen LogP contribution is 1.93. The molecular formula is C8H10N4O2. The molecule has 0 spiro atoms. The number of hydrogen-bond donors (Lipinski definition) is 3. The third-order valence-electron chi connectivity index (χ3n) is 1.59. The second-order valence-electron chi connectivity index (χ2n) is 2.60. The maximum Gasteiger partial charge on any atom is 0.267 e. The van der Waals surface area contributed by atoms with E-state index in [9.17, 15) is 9.59 Å². The average Bonchev–Trinajstić information content (AvgIpc) is 2.70. The van der Waals surface area contributed by atoms with Gasteiger partial charge in [-0.2, -0.15) is 0 Å². The number of carbonyl (C=O) groups is 2. The molecule has 0 aliphatic carbocycles. The fourth-order valence-electron chi connectivity index (χ4n) is 0.906. The monoisotopic (exact) mass is 194 g/mol. The van der Waals surface area contributed by atoms with Crippen LogP contribution in [0.3, 0.4) is 0 Å². The Kier molecular flexibility index (Phi) is 3.54. The molecule has 0 radical (unpaired) electrons. The van der Waals surface area contributed by atoms with Crippen molar-refractivity contribution < 1.29 is 9.59 Å². The molecule has 6 nitrogen and oxygen atoms in total. The van der Waals surface area contributed by atoms with Crippen molar-refractivity contribution in [2.24, 2.45) is 5.11 Å². The molecule has 0 unspecified atom stereocenters. The number of amides is 2. The molecule has 0 fully saturated rings. The van der Waals surface area contributed by atoms with Gasteiger partial charge in [0.1, 0.15) is 5.69 Å². The van der Waals surface area contributed by atoms with Crippen LogP contribution < -0.4 is 5.32 Å².